The molecule has 0 aromatic heterocycles. The topological polar surface area (TPSA) is 126 Å². The molecule has 182 valence electrons. The van der Waals surface area contributed by atoms with E-state index in [1.807, 2.05) is 26.0 Å². The van der Waals surface area contributed by atoms with Gasteiger partial charge in [-0.25, -0.2) is 17.6 Å². The molecule has 5 N–H and O–H groups in total. The van der Waals surface area contributed by atoms with E-state index in [0.29, 0.717) is 24.2 Å². The molecule has 0 heterocycles. The summed E-state index contributed by atoms with van der Waals surface area (Å²) in [4.78, 5) is 16.2. The van der Waals surface area contributed by atoms with Crippen LogP contribution in [0.3, 0.4) is 0 Å². The first-order chi connectivity index (χ1) is 16.1. The molecule has 2 aromatic carbocycles. The zero-order valence-electron chi connectivity index (χ0n) is 19.4. The van der Waals surface area contributed by atoms with E-state index >= 15 is 0 Å². The summed E-state index contributed by atoms with van der Waals surface area (Å²) in [6.45, 7) is 4.04. The van der Waals surface area contributed by atoms with Gasteiger partial charge in [-0.15, -0.1) is 0 Å². The maximum Gasteiger partial charge on any atom is 0.319 e. The van der Waals surface area contributed by atoms with Crippen molar-refractivity contribution in [2.24, 2.45) is 10.7 Å². The van der Waals surface area contributed by atoms with Gasteiger partial charge in [0.2, 0.25) is 0 Å². The smallest absolute Gasteiger partial charge is 0.319 e. The number of anilines is 1. The van der Waals surface area contributed by atoms with Crippen LogP contribution >= 0.6 is 0 Å². The molecule has 8 nitrogen and oxygen atoms in total. The maximum absolute atomic E-state index is 13.3. The minimum atomic E-state index is -3.74. The van der Waals surface area contributed by atoms with E-state index in [2.05, 4.69) is 20.9 Å². The molecule has 34 heavy (non-hydrogen) atoms. The van der Waals surface area contributed by atoms with Gasteiger partial charge < -0.3 is 21.7 Å². The van der Waals surface area contributed by atoms with Gasteiger partial charge in [-0.05, 0) is 68.7 Å². The van der Waals surface area contributed by atoms with Crippen molar-refractivity contribution in [3.05, 3.63) is 71.7 Å². The lowest BCUT2D eigenvalue weighted by molar-refractivity contribution is 0.250. The molecule has 0 spiro atoms. The molecule has 0 aliphatic heterocycles. The van der Waals surface area contributed by atoms with Gasteiger partial charge >= 0.3 is 6.03 Å². The zero-order valence-corrected chi connectivity index (χ0v) is 20.2. The van der Waals surface area contributed by atoms with E-state index in [9.17, 15) is 17.6 Å². The van der Waals surface area contributed by atoms with Crippen molar-refractivity contribution in [3.63, 3.8) is 0 Å². The molecule has 2 amide bonds. The molecule has 1 fully saturated rings. The van der Waals surface area contributed by atoms with Crippen molar-refractivity contribution in [1.29, 1.82) is 0 Å². The highest BCUT2D eigenvalue weighted by Crippen LogP contribution is 2.51. The van der Waals surface area contributed by atoms with Gasteiger partial charge in [0.05, 0.1) is 11.4 Å². The highest BCUT2D eigenvalue weighted by molar-refractivity contribution is 7.93. The summed E-state index contributed by atoms with van der Waals surface area (Å²) in [6, 6.07) is 11.8. The quantitative estimate of drug-likeness (QED) is 0.245. The van der Waals surface area contributed by atoms with Crippen molar-refractivity contribution in [2.45, 2.75) is 48.9 Å². The summed E-state index contributed by atoms with van der Waals surface area (Å²) in [5.74, 6) is -0.310. The fourth-order valence-electron chi connectivity index (χ4n) is 3.57. The van der Waals surface area contributed by atoms with Crippen molar-refractivity contribution in [3.8, 4) is 0 Å². The Labute approximate surface area is 199 Å². The van der Waals surface area contributed by atoms with E-state index in [1.54, 1.807) is 25.3 Å². The van der Waals surface area contributed by atoms with Crippen LogP contribution in [0.15, 0.2) is 70.2 Å². The van der Waals surface area contributed by atoms with Crippen LogP contribution in [0, 0.1) is 5.82 Å². The predicted octanol–water partition coefficient (Wildman–Crippen LogP) is 3.32. The lowest BCUT2D eigenvalue weighted by atomic mass is 10.2. The largest absolute Gasteiger partial charge is 0.390 e. The molecule has 1 aliphatic rings. The number of amides is 2. The van der Waals surface area contributed by atoms with Gasteiger partial charge in [-0.3, -0.25) is 4.99 Å². The maximum atomic E-state index is 13.3. The van der Waals surface area contributed by atoms with Crippen molar-refractivity contribution in [2.75, 3.05) is 12.4 Å². The fourth-order valence-corrected chi connectivity index (χ4v) is 5.60. The third-order valence-corrected chi connectivity index (χ3v) is 8.02. The number of nitrogens with one attached hydrogen (secondary N) is 3. The molecular weight excluding hydrogens is 457 g/mol. The predicted molar refractivity (Wildman–Crippen MR) is 132 cm³/mol. The number of rotatable bonds is 9. The number of hydrogen-bond acceptors (Lipinski definition) is 5. The average Bonchev–Trinajstić information content (AvgIpc) is 3.59. The second-order valence-electron chi connectivity index (χ2n) is 8.45. The molecule has 2 aromatic rings. The number of nitrogens with two attached hydrogens (primary N) is 1. The first kappa shape index (κ1) is 25.2. The molecule has 0 unspecified atom stereocenters. The molecule has 1 saturated carbocycles. The van der Waals surface area contributed by atoms with Crippen LogP contribution in [0.5, 0.6) is 0 Å². The Kier molecular flexibility index (Phi) is 7.61. The minimum Gasteiger partial charge on any atom is -0.390 e. The number of amidine groups is 1. The third kappa shape index (κ3) is 5.74. The van der Waals surface area contributed by atoms with Crippen LogP contribution in [-0.2, 0) is 16.4 Å². The van der Waals surface area contributed by atoms with Crippen molar-refractivity contribution in [1.82, 2.24) is 10.6 Å². The Morgan fingerprint density at radius 3 is 2.29 bits per heavy atom. The summed E-state index contributed by atoms with van der Waals surface area (Å²) in [6.07, 6.45) is 2.41. The first-order valence-corrected chi connectivity index (χ1v) is 12.4. The van der Waals surface area contributed by atoms with Gasteiger partial charge in [0.25, 0.3) is 0 Å². The highest BCUT2D eigenvalue weighted by Gasteiger charge is 2.57. The van der Waals surface area contributed by atoms with E-state index < -0.39 is 20.4 Å². The van der Waals surface area contributed by atoms with Crippen LogP contribution < -0.4 is 21.7 Å². The standard InChI is InChI=1S/C24H30FN5O3S/c1-16(2)29-23(31)30-19-8-4-17(5-9-19)15-28-22(26)14-21(27-3)24(12-13-24)34(32,33)20-10-6-18(25)7-11-20/h4-11,14,16,27H,12-13,15H2,1-3H3,(H2,26,28)(H2,29,30,31)/b21-14-. The van der Waals surface area contributed by atoms with E-state index in [0.717, 1.165) is 17.7 Å². The Balaban J connectivity index is 1.71. The fraction of sp³-hybridized carbons (Fsp3) is 0.333. The molecule has 0 atom stereocenters. The number of benzene rings is 2. The SMILES string of the molecule is CN/C(=C\C(N)=N/Cc1ccc(NC(=O)NC(C)C)cc1)C1(S(=O)(=O)c2ccc(F)cc2)CC1. The number of carbonyl (C=O) groups excluding carboxylic acids is 1. The van der Waals surface area contributed by atoms with E-state index in [-0.39, 0.29) is 29.3 Å². The molecule has 1 aliphatic carbocycles. The van der Waals surface area contributed by atoms with Gasteiger partial charge in [0, 0.05) is 30.5 Å². The normalized spacial score (nSPS) is 15.7. The number of hydrogen-bond donors (Lipinski definition) is 4. The summed E-state index contributed by atoms with van der Waals surface area (Å²) in [5.41, 5.74) is 8.07. The Morgan fingerprint density at radius 1 is 1.15 bits per heavy atom. The Morgan fingerprint density at radius 2 is 1.76 bits per heavy atom. The molecule has 0 saturated heterocycles. The third-order valence-electron chi connectivity index (χ3n) is 5.47. The second kappa shape index (κ2) is 10.3. The molecule has 10 heteroatoms. The van der Waals surface area contributed by atoms with Gasteiger partial charge in [0.1, 0.15) is 16.4 Å². The van der Waals surface area contributed by atoms with Crippen LogP contribution in [0.2, 0.25) is 0 Å². The highest BCUT2D eigenvalue weighted by atomic mass is 32.2. The number of aliphatic imine (C=N–C) groups is 1. The number of carbonyl (C=O) groups is 1. The summed E-state index contributed by atoms with van der Waals surface area (Å²) >= 11 is 0. The lowest BCUT2D eigenvalue weighted by Gasteiger charge is -2.20. The average molecular weight is 488 g/mol. The van der Waals surface area contributed by atoms with Crippen LogP contribution in [0.1, 0.15) is 32.3 Å². The number of sulfone groups is 1. The zero-order chi connectivity index (χ0) is 24.9. The summed E-state index contributed by atoms with van der Waals surface area (Å²) in [5, 5.41) is 8.46. The van der Waals surface area contributed by atoms with Gasteiger partial charge in [0.15, 0.2) is 9.84 Å². The van der Waals surface area contributed by atoms with E-state index in [1.165, 1.54) is 12.1 Å². The molecule has 3 rings (SSSR count). The van der Waals surface area contributed by atoms with Gasteiger partial charge in [-0.1, -0.05) is 12.1 Å². The summed E-state index contributed by atoms with van der Waals surface area (Å²) < 4.78 is 38.6. The Hall–Kier alpha value is -3.40. The number of nitrogens with zero attached hydrogens (tertiary/aromatic N) is 1. The number of urea groups is 1. The number of halogens is 1. The van der Waals surface area contributed by atoms with Crippen molar-refractivity contribution >= 4 is 27.4 Å². The molecule has 0 radical (unpaired) electrons. The summed E-state index contributed by atoms with van der Waals surface area (Å²) in [7, 11) is -2.10. The Bertz CT molecular complexity index is 1190. The van der Waals surface area contributed by atoms with Crippen LogP contribution in [0.4, 0.5) is 14.9 Å². The second-order valence-corrected chi connectivity index (χ2v) is 10.7. The lowest BCUT2D eigenvalue weighted by Crippen LogP contribution is -2.34. The minimum absolute atomic E-state index is 0.0348. The van der Waals surface area contributed by atoms with Crippen LogP contribution in [-0.4, -0.2) is 38.1 Å². The molecule has 0 bridgehead atoms. The molecular formula is C24H30FN5O3S. The van der Waals surface area contributed by atoms with E-state index in [4.69, 9.17) is 5.73 Å². The monoisotopic (exact) mass is 487 g/mol. The van der Waals surface area contributed by atoms with Crippen molar-refractivity contribution < 1.29 is 17.6 Å². The van der Waals surface area contributed by atoms with Gasteiger partial charge in [-0.2, -0.15) is 0 Å². The first-order valence-electron chi connectivity index (χ1n) is 10.9. The van der Waals surface area contributed by atoms with Crippen LogP contribution in [0.25, 0.3) is 0 Å².